The van der Waals surface area contributed by atoms with E-state index in [-0.39, 0.29) is 43.5 Å². The third kappa shape index (κ3) is 8.32. The quantitative estimate of drug-likeness (QED) is 0.107. The smallest absolute Gasteiger partial charge is 0.303 e. The summed E-state index contributed by atoms with van der Waals surface area (Å²) in [5.41, 5.74) is 6.77. The van der Waals surface area contributed by atoms with Crippen molar-refractivity contribution in [3.05, 3.63) is 119 Å². The van der Waals surface area contributed by atoms with Gasteiger partial charge in [-0.2, -0.15) is 0 Å². The number of rotatable bonds is 13. The van der Waals surface area contributed by atoms with Crippen molar-refractivity contribution in [3.63, 3.8) is 0 Å². The number of amides is 1. The number of carboxylic acid groups (broad SMARTS) is 1. The number of aliphatic hydroxyl groups is 1. The summed E-state index contributed by atoms with van der Waals surface area (Å²) in [5, 5.41) is 21.3. The number of hydrogen-bond donors (Lipinski definition) is 3. The summed E-state index contributed by atoms with van der Waals surface area (Å²) in [4.78, 5) is 27.9. The molecule has 1 aliphatic rings. The number of carbonyl (C=O) groups is 2. The van der Waals surface area contributed by atoms with Crippen LogP contribution in [0.4, 0.5) is 0 Å². The van der Waals surface area contributed by atoms with Crippen molar-refractivity contribution in [3.8, 4) is 11.1 Å². The Morgan fingerprint density at radius 1 is 0.896 bits per heavy atom. The molecule has 10 heteroatoms. The molecule has 3 N–H and O–H groups in total. The molecule has 248 valence electrons. The number of fused-ring (bicyclic) bond motifs is 1. The highest BCUT2D eigenvalue weighted by atomic mass is 32.2. The molecule has 1 saturated heterocycles. The van der Waals surface area contributed by atoms with Gasteiger partial charge in [-0.1, -0.05) is 104 Å². The number of thioether (sulfide) groups is 1. The summed E-state index contributed by atoms with van der Waals surface area (Å²) in [6.45, 7) is 2.50. The number of hydrogen-bond acceptors (Lipinski definition) is 8. The number of benzene rings is 4. The van der Waals surface area contributed by atoms with Crippen molar-refractivity contribution in [1.82, 2.24) is 10.3 Å². The van der Waals surface area contributed by atoms with Crippen LogP contribution in [0.3, 0.4) is 0 Å². The van der Waals surface area contributed by atoms with E-state index in [4.69, 9.17) is 19.6 Å². The van der Waals surface area contributed by atoms with Crippen LogP contribution < -0.4 is 5.32 Å². The van der Waals surface area contributed by atoms with Crippen LogP contribution in [-0.2, 0) is 32.2 Å². The Balaban J connectivity index is 1.19. The number of thiazole rings is 1. The van der Waals surface area contributed by atoms with Gasteiger partial charge in [-0.3, -0.25) is 9.59 Å². The Labute approximate surface area is 288 Å². The lowest BCUT2D eigenvalue weighted by molar-refractivity contribution is -0.268. The largest absolute Gasteiger partial charge is 0.481 e. The van der Waals surface area contributed by atoms with Crippen LogP contribution in [0.15, 0.2) is 101 Å². The molecule has 6 rings (SSSR count). The zero-order valence-corrected chi connectivity index (χ0v) is 28.2. The number of aliphatic hydroxyl groups excluding tert-OH is 1. The molecule has 1 amide bonds. The van der Waals surface area contributed by atoms with Gasteiger partial charge in [0.25, 0.3) is 0 Å². The minimum Gasteiger partial charge on any atom is -0.481 e. The molecule has 4 unspecified atom stereocenters. The number of nitrogens with one attached hydrogen (secondary N) is 1. The summed E-state index contributed by atoms with van der Waals surface area (Å²) in [5.74, 6) is -0.284. The number of carbonyl (C=O) groups excluding carboxylic acids is 1. The first kappa shape index (κ1) is 33.8. The Morgan fingerprint density at radius 2 is 1.62 bits per heavy atom. The molecule has 5 aromatic rings. The molecule has 2 heterocycles. The molecule has 0 bridgehead atoms. The number of ether oxygens (including phenoxy) is 2. The van der Waals surface area contributed by atoms with Gasteiger partial charge in [0.05, 0.1) is 29.0 Å². The molecule has 1 aromatic heterocycles. The van der Waals surface area contributed by atoms with E-state index in [0.717, 1.165) is 49.0 Å². The van der Waals surface area contributed by atoms with Crippen LogP contribution in [0.5, 0.6) is 0 Å². The topological polar surface area (TPSA) is 118 Å². The highest BCUT2D eigenvalue weighted by Gasteiger charge is 2.38. The molecule has 0 aliphatic carbocycles. The van der Waals surface area contributed by atoms with Crippen LogP contribution in [0, 0.1) is 5.92 Å². The average molecular weight is 683 g/mol. The minimum atomic E-state index is -0.902. The second-order valence-electron chi connectivity index (χ2n) is 11.9. The maximum Gasteiger partial charge on any atom is 0.303 e. The Hall–Kier alpha value is -4.06. The fraction of sp³-hybridized carbons (Fsp3) is 0.289. The van der Waals surface area contributed by atoms with Gasteiger partial charge in [0.2, 0.25) is 5.91 Å². The Bertz CT molecular complexity index is 1810. The van der Waals surface area contributed by atoms with Crippen LogP contribution in [0.2, 0.25) is 0 Å². The third-order valence-electron chi connectivity index (χ3n) is 8.55. The van der Waals surface area contributed by atoms with Gasteiger partial charge in [0.15, 0.2) is 10.6 Å². The molecule has 1 fully saturated rings. The SMILES string of the molecule is CC1C(CSc2nc3ccccc3s2)OC(c2ccc(-c3ccccc3CNC(=O)CCCC(=O)O)cc2)OC1c1ccc(CO)cc1. The molecule has 0 radical (unpaired) electrons. The Kier molecular flexibility index (Phi) is 11.2. The van der Waals surface area contributed by atoms with Crippen molar-refractivity contribution < 1.29 is 29.3 Å². The highest BCUT2D eigenvalue weighted by molar-refractivity contribution is 8.01. The van der Waals surface area contributed by atoms with E-state index >= 15 is 0 Å². The van der Waals surface area contributed by atoms with E-state index in [0.29, 0.717) is 13.0 Å². The highest BCUT2D eigenvalue weighted by Crippen LogP contribution is 2.44. The normalized spacial score (nSPS) is 19.3. The van der Waals surface area contributed by atoms with E-state index in [1.165, 1.54) is 4.70 Å². The first-order valence-electron chi connectivity index (χ1n) is 16.0. The predicted octanol–water partition coefficient (Wildman–Crippen LogP) is 7.91. The summed E-state index contributed by atoms with van der Waals surface area (Å²) in [6.07, 6.45) is -0.442. The standard InChI is InChI=1S/C38H38N2O6S2/c1-24-32(23-47-38-40-31-9-4-5-10-33(31)48-38)45-37(46-36(24)27-15-13-25(22-41)14-16-27)28-19-17-26(18-20-28)30-8-3-2-7-29(30)21-39-34(42)11-6-12-35(43)44/h2-5,7-10,13-20,24,32,36-37,41H,6,11-12,21-23H2,1H3,(H,39,42)(H,43,44). The molecule has 8 nitrogen and oxygen atoms in total. The van der Waals surface area contributed by atoms with Crippen molar-refractivity contribution in [2.24, 2.45) is 5.92 Å². The molecule has 0 saturated carbocycles. The van der Waals surface area contributed by atoms with E-state index in [2.05, 4.69) is 18.3 Å². The number of carboxylic acids is 1. The Morgan fingerprint density at radius 3 is 2.38 bits per heavy atom. The van der Waals surface area contributed by atoms with E-state index in [1.807, 2.05) is 91.0 Å². The maximum absolute atomic E-state index is 12.3. The van der Waals surface area contributed by atoms with Gasteiger partial charge in [0.1, 0.15) is 0 Å². The van der Waals surface area contributed by atoms with Gasteiger partial charge in [-0.25, -0.2) is 4.98 Å². The number of para-hydroxylation sites is 1. The number of aliphatic carboxylic acids is 1. The second kappa shape index (κ2) is 15.9. The van der Waals surface area contributed by atoms with Gasteiger partial charge < -0.3 is 25.0 Å². The average Bonchev–Trinajstić information content (AvgIpc) is 3.54. The summed E-state index contributed by atoms with van der Waals surface area (Å²) in [7, 11) is 0. The zero-order valence-electron chi connectivity index (χ0n) is 26.6. The predicted molar refractivity (Wildman–Crippen MR) is 189 cm³/mol. The van der Waals surface area contributed by atoms with Crippen molar-refractivity contribution in [1.29, 1.82) is 0 Å². The fourth-order valence-electron chi connectivity index (χ4n) is 5.83. The molecule has 1 aliphatic heterocycles. The van der Waals surface area contributed by atoms with Crippen molar-refractivity contribution in [2.45, 2.75) is 62.2 Å². The zero-order chi connectivity index (χ0) is 33.5. The van der Waals surface area contributed by atoms with Crippen LogP contribution in [0.25, 0.3) is 21.3 Å². The lowest BCUT2D eigenvalue weighted by Crippen LogP contribution is -2.38. The minimum absolute atomic E-state index is 0.0107. The van der Waals surface area contributed by atoms with E-state index < -0.39 is 12.3 Å². The monoisotopic (exact) mass is 682 g/mol. The first-order chi connectivity index (χ1) is 23.4. The number of aromatic nitrogens is 1. The number of nitrogens with zero attached hydrogens (tertiary/aromatic N) is 1. The first-order valence-corrected chi connectivity index (χ1v) is 17.8. The maximum atomic E-state index is 12.3. The third-order valence-corrected chi connectivity index (χ3v) is 10.8. The van der Waals surface area contributed by atoms with E-state index in [1.54, 1.807) is 23.1 Å². The molecular formula is C38H38N2O6S2. The van der Waals surface area contributed by atoms with Gasteiger partial charge in [0, 0.05) is 36.6 Å². The van der Waals surface area contributed by atoms with Crippen LogP contribution in [-0.4, -0.2) is 38.9 Å². The van der Waals surface area contributed by atoms with Crippen molar-refractivity contribution >= 4 is 45.2 Å². The summed E-state index contributed by atoms with van der Waals surface area (Å²) in [6, 6.07) is 32.2. The van der Waals surface area contributed by atoms with Gasteiger partial charge >= 0.3 is 5.97 Å². The summed E-state index contributed by atoms with van der Waals surface area (Å²) < 4.78 is 15.5. The van der Waals surface area contributed by atoms with E-state index in [9.17, 15) is 14.7 Å². The molecular weight excluding hydrogens is 645 g/mol. The molecule has 48 heavy (non-hydrogen) atoms. The second-order valence-corrected chi connectivity index (χ2v) is 14.2. The lowest BCUT2D eigenvalue weighted by Gasteiger charge is -2.41. The molecule has 4 atom stereocenters. The summed E-state index contributed by atoms with van der Waals surface area (Å²) >= 11 is 3.40. The fourth-order valence-corrected chi connectivity index (χ4v) is 8.09. The van der Waals surface area contributed by atoms with Gasteiger partial charge in [-0.15, -0.1) is 11.3 Å². The van der Waals surface area contributed by atoms with Crippen molar-refractivity contribution in [2.75, 3.05) is 5.75 Å². The molecule has 0 spiro atoms. The van der Waals surface area contributed by atoms with Crippen LogP contribution in [0.1, 0.15) is 60.8 Å². The molecule has 4 aromatic carbocycles. The lowest BCUT2D eigenvalue weighted by atomic mass is 9.91. The van der Waals surface area contributed by atoms with Crippen LogP contribution >= 0.6 is 23.1 Å². The van der Waals surface area contributed by atoms with Gasteiger partial charge in [-0.05, 0) is 46.4 Å².